The van der Waals surface area contributed by atoms with Crippen molar-refractivity contribution >= 4 is 5.82 Å². The van der Waals surface area contributed by atoms with Gasteiger partial charge in [-0.15, -0.1) is 10.2 Å². The first-order valence-electron chi connectivity index (χ1n) is 9.50. The molecule has 3 aromatic heterocycles. The molecule has 8 nitrogen and oxygen atoms in total. The Labute approximate surface area is 168 Å². The van der Waals surface area contributed by atoms with Gasteiger partial charge < -0.3 is 13.8 Å². The molecule has 29 heavy (non-hydrogen) atoms. The van der Waals surface area contributed by atoms with Crippen molar-refractivity contribution < 1.29 is 8.94 Å². The lowest BCUT2D eigenvalue weighted by Crippen LogP contribution is -2.17. The van der Waals surface area contributed by atoms with E-state index in [1.165, 1.54) is 5.56 Å². The lowest BCUT2D eigenvalue weighted by molar-refractivity contribution is 0.421. The van der Waals surface area contributed by atoms with Crippen molar-refractivity contribution in [3.8, 4) is 11.5 Å². The number of hydrogen-bond acceptors (Lipinski definition) is 8. The van der Waals surface area contributed by atoms with E-state index in [-0.39, 0.29) is 0 Å². The van der Waals surface area contributed by atoms with Crippen molar-refractivity contribution in [2.45, 2.75) is 32.7 Å². The van der Waals surface area contributed by atoms with E-state index in [0.717, 1.165) is 30.6 Å². The summed E-state index contributed by atoms with van der Waals surface area (Å²) in [7, 11) is 1.92. The minimum absolute atomic E-state index is 0.481. The van der Waals surface area contributed by atoms with Crippen LogP contribution in [-0.2, 0) is 19.4 Å². The Balaban J connectivity index is 1.34. The molecule has 3 heterocycles. The van der Waals surface area contributed by atoms with Crippen LogP contribution in [0, 0.1) is 6.92 Å². The maximum absolute atomic E-state index is 5.41. The van der Waals surface area contributed by atoms with Crippen LogP contribution in [0.2, 0.25) is 0 Å². The molecule has 148 valence electrons. The van der Waals surface area contributed by atoms with Crippen molar-refractivity contribution in [3.05, 3.63) is 71.8 Å². The molecular formula is C21H22N6O2. The van der Waals surface area contributed by atoms with Gasteiger partial charge in [0.15, 0.2) is 5.82 Å². The summed E-state index contributed by atoms with van der Waals surface area (Å²) in [6.07, 6.45) is 4.47. The largest absolute Gasteiger partial charge is 0.424 e. The highest BCUT2D eigenvalue weighted by Gasteiger charge is 2.12. The molecule has 8 heteroatoms. The van der Waals surface area contributed by atoms with Crippen LogP contribution in [0.4, 0.5) is 5.82 Å². The second kappa shape index (κ2) is 8.64. The molecule has 0 unspecified atom stereocenters. The van der Waals surface area contributed by atoms with Crippen LogP contribution < -0.4 is 4.90 Å². The highest BCUT2D eigenvalue weighted by molar-refractivity contribution is 5.54. The SMILES string of the molecule is Cc1nnc(CN(C)c2ccc(-c3nc(CCCc4ccccc4)no3)cn2)o1. The molecule has 0 aliphatic heterocycles. The summed E-state index contributed by atoms with van der Waals surface area (Å²) < 4.78 is 10.8. The number of nitrogens with zero attached hydrogens (tertiary/aromatic N) is 6. The lowest BCUT2D eigenvalue weighted by Gasteiger charge is -2.15. The lowest BCUT2D eigenvalue weighted by atomic mass is 10.1. The minimum atomic E-state index is 0.481. The van der Waals surface area contributed by atoms with Gasteiger partial charge >= 0.3 is 0 Å². The highest BCUT2D eigenvalue weighted by Crippen LogP contribution is 2.20. The van der Waals surface area contributed by atoms with Gasteiger partial charge in [-0.1, -0.05) is 35.5 Å². The summed E-state index contributed by atoms with van der Waals surface area (Å²) in [5, 5.41) is 11.9. The van der Waals surface area contributed by atoms with Crippen LogP contribution in [0.3, 0.4) is 0 Å². The fraction of sp³-hybridized carbons (Fsp3) is 0.286. The topological polar surface area (TPSA) is 94.0 Å². The number of aryl methyl sites for hydroxylation is 3. The van der Waals surface area contributed by atoms with Gasteiger partial charge in [0.05, 0.1) is 12.1 Å². The smallest absolute Gasteiger partial charge is 0.259 e. The van der Waals surface area contributed by atoms with Crippen LogP contribution in [0.25, 0.3) is 11.5 Å². The molecule has 0 bridgehead atoms. The van der Waals surface area contributed by atoms with Gasteiger partial charge in [0.1, 0.15) is 5.82 Å². The minimum Gasteiger partial charge on any atom is -0.424 e. The Hall–Kier alpha value is -3.55. The van der Waals surface area contributed by atoms with Crippen LogP contribution in [0.5, 0.6) is 0 Å². The molecule has 4 rings (SSSR count). The number of rotatable bonds is 8. The number of hydrogen-bond donors (Lipinski definition) is 0. The first kappa shape index (κ1) is 18.8. The Morgan fingerprint density at radius 1 is 1.00 bits per heavy atom. The van der Waals surface area contributed by atoms with Gasteiger partial charge in [-0.05, 0) is 30.5 Å². The fourth-order valence-electron chi connectivity index (χ4n) is 2.99. The van der Waals surface area contributed by atoms with Crippen LogP contribution in [0.15, 0.2) is 57.6 Å². The molecule has 0 radical (unpaired) electrons. The van der Waals surface area contributed by atoms with Crippen LogP contribution >= 0.6 is 0 Å². The summed E-state index contributed by atoms with van der Waals surface area (Å²) in [5.74, 6) is 3.07. The zero-order valence-corrected chi connectivity index (χ0v) is 16.4. The quantitative estimate of drug-likeness (QED) is 0.450. The number of benzene rings is 1. The molecule has 0 fully saturated rings. The molecule has 4 aromatic rings. The first-order valence-corrected chi connectivity index (χ1v) is 9.50. The monoisotopic (exact) mass is 390 g/mol. The molecule has 0 saturated heterocycles. The second-order valence-corrected chi connectivity index (χ2v) is 6.83. The zero-order chi connectivity index (χ0) is 20.1. The van der Waals surface area contributed by atoms with E-state index in [2.05, 4.69) is 49.6 Å². The van der Waals surface area contributed by atoms with Gasteiger partial charge in [0.25, 0.3) is 5.89 Å². The average Bonchev–Trinajstić information content (AvgIpc) is 3.38. The summed E-state index contributed by atoms with van der Waals surface area (Å²) in [6, 6.07) is 14.2. The van der Waals surface area contributed by atoms with E-state index in [1.54, 1.807) is 13.1 Å². The molecule has 1 aromatic carbocycles. The van der Waals surface area contributed by atoms with Crippen LogP contribution in [0.1, 0.15) is 29.6 Å². The molecule has 0 aliphatic carbocycles. The van der Waals surface area contributed by atoms with Gasteiger partial charge in [-0.25, -0.2) is 4.98 Å². The summed E-state index contributed by atoms with van der Waals surface area (Å²) in [4.78, 5) is 10.9. The zero-order valence-electron chi connectivity index (χ0n) is 16.4. The highest BCUT2D eigenvalue weighted by atomic mass is 16.5. The van der Waals surface area contributed by atoms with Gasteiger partial charge in [-0.3, -0.25) is 0 Å². The molecule has 0 N–H and O–H groups in total. The standard InChI is InChI=1S/C21H22N6O2/c1-15-24-25-20(28-15)14-27(2)19-12-11-17(13-22-19)21-23-18(26-29-21)10-6-9-16-7-4-3-5-8-16/h3-5,7-8,11-13H,6,9-10,14H2,1-2H3. The predicted octanol–water partition coefficient (Wildman–Crippen LogP) is 3.63. The second-order valence-electron chi connectivity index (χ2n) is 6.83. The van der Waals surface area contributed by atoms with Crippen LogP contribution in [-0.4, -0.2) is 32.4 Å². The van der Waals surface area contributed by atoms with E-state index in [1.807, 2.05) is 30.1 Å². The maximum Gasteiger partial charge on any atom is 0.259 e. The van der Waals surface area contributed by atoms with Gasteiger partial charge in [0.2, 0.25) is 11.8 Å². The van der Waals surface area contributed by atoms with Crippen molar-refractivity contribution in [3.63, 3.8) is 0 Å². The number of anilines is 1. The van der Waals surface area contributed by atoms with Crippen molar-refractivity contribution in [1.82, 2.24) is 25.3 Å². The Morgan fingerprint density at radius 3 is 2.59 bits per heavy atom. The van der Waals surface area contributed by atoms with Crippen molar-refractivity contribution in [2.24, 2.45) is 0 Å². The number of aromatic nitrogens is 5. The third kappa shape index (κ3) is 4.84. The van der Waals surface area contributed by atoms with Crippen molar-refractivity contribution in [2.75, 3.05) is 11.9 Å². The van der Waals surface area contributed by atoms with Gasteiger partial charge in [0, 0.05) is 26.6 Å². The maximum atomic E-state index is 5.41. The molecule has 0 aliphatic rings. The Bertz CT molecular complexity index is 1040. The molecule has 0 atom stereocenters. The van der Waals surface area contributed by atoms with E-state index in [9.17, 15) is 0 Å². The predicted molar refractivity (Wildman–Crippen MR) is 107 cm³/mol. The van der Waals surface area contributed by atoms with E-state index >= 15 is 0 Å². The normalized spacial score (nSPS) is 11.0. The molecule has 0 amide bonds. The molecular weight excluding hydrogens is 368 g/mol. The van der Waals surface area contributed by atoms with E-state index < -0.39 is 0 Å². The van der Waals surface area contributed by atoms with Crippen molar-refractivity contribution in [1.29, 1.82) is 0 Å². The third-order valence-corrected chi connectivity index (χ3v) is 4.50. The summed E-state index contributed by atoms with van der Waals surface area (Å²) in [6.45, 7) is 2.25. The third-order valence-electron chi connectivity index (χ3n) is 4.50. The molecule has 0 spiro atoms. The first-order chi connectivity index (χ1) is 14.2. The Morgan fingerprint density at radius 2 is 1.86 bits per heavy atom. The van der Waals surface area contributed by atoms with E-state index in [0.29, 0.717) is 30.0 Å². The number of pyridine rings is 1. The average molecular weight is 390 g/mol. The summed E-state index contributed by atoms with van der Waals surface area (Å²) >= 11 is 0. The summed E-state index contributed by atoms with van der Waals surface area (Å²) in [5.41, 5.74) is 2.11. The van der Waals surface area contributed by atoms with E-state index in [4.69, 9.17) is 8.94 Å². The fourth-order valence-corrected chi connectivity index (χ4v) is 2.99. The van der Waals surface area contributed by atoms with Gasteiger partial charge in [-0.2, -0.15) is 4.98 Å². The Kier molecular flexibility index (Phi) is 5.60. The molecule has 0 saturated carbocycles.